The standard InChI is InChI=1S/C12H17NO2/c13-6-5-11(14)12(15)10-4-2-8-1-3-9(8)7-10/h2,4,7,11-12,14-15H,1,3,5-6,13H2. The van der Waals surface area contributed by atoms with Crippen LogP contribution in [0.4, 0.5) is 0 Å². The predicted octanol–water partition coefficient (Wildman–Crippen LogP) is 0.528. The van der Waals surface area contributed by atoms with Gasteiger partial charge in [-0.25, -0.2) is 0 Å². The molecule has 0 bridgehead atoms. The molecule has 4 N–H and O–H groups in total. The van der Waals surface area contributed by atoms with Crippen LogP contribution >= 0.6 is 0 Å². The van der Waals surface area contributed by atoms with Crippen LogP contribution in [0, 0.1) is 0 Å². The van der Waals surface area contributed by atoms with Crippen molar-refractivity contribution in [1.29, 1.82) is 0 Å². The van der Waals surface area contributed by atoms with Gasteiger partial charge in [-0.3, -0.25) is 0 Å². The summed E-state index contributed by atoms with van der Waals surface area (Å²) in [4.78, 5) is 0. The van der Waals surface area contributed by atoms with Gasteiger partial charge >= 0.3 is 0 Å². The van der Waals surface area contributed by atoms with Gasteiger partial charge in [0.2, 0.25) is 0 Å². The predicted molar refractivity (Wildman–Crippen MR) is 58.5 cm³/mol. The first-order valence-corrected chi connectivity index (χ1v) is 5.40. The van der Waals surface area contributed by atoms with E-state index in [1.54, 1.807) is 0 Å². The Kier molecular flexibility index (Phi) is 3.05. The van der Waals surface area contributed by atoms with Gasteiger partial charge in [-0.2, -0.15) is 0 Å². The van der Waals surface area contributed by atoms with E-state index >= 15 is 0 Å². The van der Waals surface area contributed by atoms with Gasteiger partial charge in [0, 0.05) is 0 Å². The van der Waals surface area contributed by atoms with E-state index in [0.717, 1.165) is 18.4 Å². The molecule has 2 rings (SSSR count). The van der Waals surface area contributed by atoms with Crippen LogP contribution in [0.15, 0.2) is 18.2 Å². The summed E-state index contributed by atoms with van der Waals surface area (Å²) in [6.45, 7) is 0.392. The topological polar surface area (TPSA) is 66.5 Å². The SMILES string of the molecule is NCCC(O)C(O)c1ccc2c(c1)CC2. The molecule has 0 aliphatic heterocycles. The Morgan fingerprint density at radius 1 is 1.20 bits per heavy atom. The van der Waals surface area contributed by atoms with Gasteiger partial charge in [0.25, 0.3) is 0 Å². The van der Waals surface area contributed by atoms with Gasteiger partial charge in [0.1, 0.15) is 6.10 Å². The third-order valence-electron chi connectivity index (χ3n) is 3.06. The number of fused-ring (bicyclic) bond motifs is 1. The van der Waals surface area contributed by atoms with Crippen LogP contribution < -0.4 is 5.73 Å². The molecule has 0 heterocycles. The van der Waals surface area contributed by atoms with E-state index in [4.69, 9.17) is 5.73 Å². The Labute approximate surface area is 89.5 Å². The Morgan fingerprint density at radius 3 is 2.47 bits per heavy atom. The number of aliphatic hydroxyl groups is 2. The molecular weight excluding hydrogens is 190 g/mol. The quantitative estimate of drug-likeness (QED) is 0.674. The van der Waals surface area contributed by atoms with Crippen LogP contribution in [-0.2, 0) is 12.8 Å². The molecule has 1 aliphatic carbocycles. The molecule has 0 amide bonds. The first-order chi connectivity index (χ1) is 7.22. The zero-order valence-corrected chi connectivity index (χ0v) is 8.69. The van der Waals surface area contributed by atoms with Crippen molar-refractivity contribution in [2.45, 2.75) is 31.5 Å². The zero-order chi connectivity index (χ0) is 10.8. The smallest absolute Gasteiger partial charge is 0.105 e. The van der Waals surface area contributed by atoms with Gasteiger partial charge in [-0.1, -0.05) is 18.2 Å². The Hall–Kier alpha value is -0.900. The van der Waals surface area contributed by atoms with E-state index in [0.29, 0.717) is 13.0 Å². The van der Waals surface area contributed by atoms with Gasteiger partial charge < -0.3 is 15.9 Å². The van der Waals surface area contributed by atoms with Gasteiger partial charge in [-0.15, -0.1) is 0 Å². The molecule has 0 saturated heterocycles. The molecule has 0 spiro atoms. The lowest BCUT2D eigenvalue weighted by Crippen LogP contribution is -2.22. The minimum absolute atomic E-state index is 0.392. The second-order valence-electron chi connectivity index (χ2n) is 4.12. The highest BCUT2D eigenvalue weighted by atomic mass is 16.3. The lowest BCUT2D eigenvalue weighted by Gasteiger charge is -2.23. The molecule has 2 unspecified atom stereocenters. The van der Waals surface area contributed by atoms with Crippen LogP contribution in [0.5, 0.6) is 0 Å². The maximum atomic E-state index is 9.85. The van der Waals surface area contributed by atoms with Crippen molar-refractivity contribution in [3.8, 4) is 0 Å². The van der Waals surface area contributed by atoms with Crippen molar-refractivity contribution in [2.24, 2.45) is 5.73 Å². The number of hydrogen-bond donors (Lipinski definition) is 3. The lowest BCUT2D eigenvalue weighted by atomic mass is 9.86. The highest BCUT2D eigenvalue weighted by Gasteiger charge is 2.20. The van der Waals surface area contributed by atoms with Crippen LogP contribution in [0.2, 0.25) is 0 Å². The molecule has 1 aromatic rings. The van der Waals surface area contributed by atoms with Gasteiger partial charge in [-0.05, 0) is 42.5 Å². The second-order valence-corrected chi connectivity index (χ2v) is 4.12. The molecule has 82 valence electrons. The third-order valence-corrected chi connectivity index (χ3v) is 3.06. The summed E-state index contributed by atoms with van der Waals surface area (Å²) in [5.41, 5.74) is 8.80. The molecule has 2 atom stereocenters. The number of aryl methyl sites for hydroxylation is 2. The fourth-order valence-corrected chi connectivity index (χ4v) is 1.95. The van der Waals surface area contributed by atoms with Crippen molar-refractivity contribution < 1.29 is 10.2 Å². The molecule has 3 heteroatoms. The van der Waals surface area contributed by atoms with Crippen LogP contribution in [0.25, 0.3) is 0 Å². The number of aliphatic hydroxyl groups excluding tert-OH is 2. The molecule has 1 aliphatic rings. The van der Waals surface area contributed by atoms with Crippen molar-refractivity contribution in [3.63, 3.8) is 0 Å². The molecule has 15 heavy (non-hydrogen) atoms. The van der Waals surface area contributed by atoms with E-state index in [1.807, 2.05) is 18.2 Å². The summed E-state index contributed by atoms with van der Waals surface area (Å²) in [7, 11) is 0. The van der Waals surface area contributed by atoms with E-state index in [9.17, 15) is 10.2 Å². The van der Waals surface area contributed by atoms with Gasteiger partial charge in [0.15, 0.2) is 0 Å². The molecule has 1 aromatic carbocycles. The largest absolute Gasteiger partial charge is 0.390 e. The number of benzene rings is 1. The first-order valence-electron chi connectivity index (χ1n) is 5.40. The molecular formula is C12H17NO2. The highest BCUT2D eigenvalue weighted by molar-refractivity contribution is 5.39. The van der Waals surface area contributed by atoms with Crippen LogP contribution in [0.3, 0.4) is 0 Å². The van der Waals surface area contributed by atoms with Crippen LogP contribution in [-0.4, -0.2) is 22.9 Å². The molecule has 0 radical (unpaired) electrons. The monoisotopic (exact) mass is 207 g/mol. The maximum Gasteiger partial charge on any atom is 0.105 e. The zero-order valence-electron chi connectivity index (χ0n) is 8.69. The van der Waals surface area contributed by atoms with Crippen molar-refractivity contribution in [2.75, 3.05) is 6.54 Å². The minimum Gasteiger partial charge on any atom is -0.390 e. The second kappa shape index (κ2) is 4.31. The Balaban J connectivity index is 2.11. The third kappa shape index (κ3) is 2.04. The summed E-state index contributed by atoms with van der Waals surface area (Å²) in [5, 5.41) is 19.5. The summed E-state index contributed by atoms with van der Waals surface area (Å²) < 4.78 is 0. The normalized spacial score (nSPS) is 17.8. The van der Waals surface area contributed by atoms with Crippen molar-refractivity contribution >= 4 is 0 Å². The number of hydrogen-bond acceptors (Lipinski definition) is 3. The summed E-state index contributed by atoms with van der Waals surface area (Å²) in [6.07, 6.45) is 1.09. The molecule has 3 nitrogen and oxygen atoms in total. The van der Waals surface area contributed by atoms with Crippen molar-refractivity contribution in [3.05, 3.63) is 34.9 Å². The van der Waals surface area contributed by atoms with E-state index in [-0.39, 0.29) is 0 Å². The molecule has 0 fully saturated rings. The van der Waals surface area contributed by atoms with E-state index < -0.39 is 12.2 Å². The lowest BCUT2D eigenvalue weighted by molar-refractivity contribution is 0.0149. The maximum absolute atomic E-state index is 9.85. The molecule has 0 aromatic heterocycles. The van der Waals surface area contributed by atoms with Crippen LogP contribution in [0.1, 0.15) is 29.2 Å². The Bertz CT molecular complexity index is 351. The Morgan fingerprint density at radius 2 is 1.93 bits per heavy atom. The van der Waals surface area contributed by atoms with E-state index in [1.165, 1.54) is 11.1 Å². The van der Waals surface area contributed by atoms with Crippen molar-refractivity contribution in [1.82, 2.24) is 0 Å². The average Bonchev–Trinajstić information content (AvgIpc) is 2.19. The molecule has 0 saturated carbocycles. The fraction of sp³-hybridized carbons (Fsp3) is 0.500. The number of nitrogens with two attached hydrogens (primary N) is 1. The average molecular weight is 207 g/mol. The highest BCUT2D eigenvalue weighted by Crippen LogP contribution is 2.27. The van der Waals surface area contributed by atoms with E-state index in [2.05, 4.69) is 0 Å². The number of rotatable bonds is 4. The fourth-order valence-electron chi connectivity index (χ4n) is 1.95. The summed E-state index contributed by atoms with van der Waals surface area (Å²) in [5.74, 6) is 0. The summed E-state index contributed by atoms with van der Waals surface area (Å²) in [6, 6.07) is 5.91. The van der Waals surface area contributed by atoms with Gasteiger partial charge in [0.05, 0.1) is 6.10 Å². The minimum atomic E-state index is -0.806. The summed E-state index contributed by atoms with van der Waals surface area (Å²) >= 11 is 0. The first kappa shape index (κ1) is 10.6.